The van der Waals surface area contributed by atoms with Crippen molar-refractivity contribution in [3.05, 3.63) is 64.2 Å². The van der Waals surface area contributed by atoms with Gasteiger partial charge in [-0.05, 0) is 31.4 Å². The van der Waals surface area contributed by atoms with Crippen LogP contribution >= 0.6 is 0 Å². The number of hydrogen-bond acceptors (Lipinski definition) is 5. The van der Waals surface area contributed by atoms with Crippen molar-refractivity contribution in [3.63, 3.8) is 0 Å². The second-order valence-corrected chi connectivity index (χ2v) is 5.72. The van der Waals surface area contributed by atoms with Crippen molar-refractivity contribution in [2.75, 3.05) is 13.2 Å². The molecule has 0 amide bonds. The van der Waals surface area contributed by atoms with Crippen LogP contribution in [0.2, 0.25) is 0 Å². The van der Waals surface area contributed by atoms with E-state index in [0.717, 1.165) is 5.56 Å². The molecule has 24 heavy (non-hydrogen) atoms. The molecule has 1 aliphatic carbocycles. The third-order valence-electron chi connectivity index (χ3n) is 4.13. The SMILES string of the molecule is Cc1cccc2c1C(=O)c1c(OCCCCOO)cccc1C2=O. The number of aryl methyl sites for hydroxylation is 1. The molecular weight excluding hydrogens is 308 g/mol. The van der Waals surface area contributed by atoms with Crippen molar-refractivity contribution in [2.24, 2.45) is 0 Å². The molecule has 5 heteroatoms. The number of unbranched alkanes of at least 4 members (excludes halogenated alkanes) is 1. The van der Waals surface area contributed by atoms with Crippen LogP contribution in [0.25, 0.3) is 0 Å². The molecule has 0 aliphatic heterocycles. The summed E-state index contributed by atoms with van der Waals surface area (Å²) in [6.45, 7) is 2.44. The molecule has 0 spiro atoms. The lowest BCUT2D eigenvalue weighted by Crippen LogP contribution is -2.23. The minimum absolute atomic E-state index is 0.151. The van der Waals surface area contributed by atoms with Gasteiger partial charge in [0, 0.05) is 16.7 Å². The van der Waals surface area contributed by atoms with Crippen LogP contribution in [0.3, 0.4) is 0 Å². The summed E-state index contributed by atoms with van der Waals surface area (Å²) in [6, 6.07) is 10.4. The first-order valence-electron chi connectivity index (χ1n) is 7.86. The van der Waals surface area contributed by atoms with Crippen LogP contribution in [0.4, 0.5) is 0 Å². The summed E-state index contributed by atoms with van der Waals surface area (Å²) in [4.78, 5) is 29.7. The van der Waals surface area contributed by atoms with Gasteiger partial charge in [-0.2, -0.15) is 0 Å². The maximum atomic E-state index is 12.9. The van der Waals surface area contributed by atoms with E-state index in [-0.39, 0.29) is 18.2 Å². The zero-order chi connectivity index (χ0) is 17.1. The molecule has 0 fully saturated rings. The molecule has 0 unspecified atom stereocenters. The normalized spacial score (nSPS) is 12.8. The fourth-order valence-electron chi connectivity index (χ4n) is 2.95. The summed E-state index contributed by atoms with van der Waals surface area (Å²) in [6.07, 6.45) is 1.31. The highest BCUT2D eigenvalue weighted by molar-refractivity contribution is 6.29. The van der Waals surface area contributed by atoms with Crippen LogP contribution < -0.4 is 4.74 Å². The van der Waals surface area contributed by atoms with Crippen molar-refractivity contribution in [2.45, 2.75) is 19.8 Å². The Morgan fingerprint density at radius 2 is 1.54 bits per heavy atom. The highest BCUT2D eigenvalue weighted by Crippen LogP contribution is 2.34. The monoisotopic (exact) mass is 326 g/mol. The molecule has 124 valence electrons. The molecule has 2 aromatic rings. The topological polar surface area (TPSA) is 72.8 Å². The van der Waals surface area contributed by atoms with Gasteiger partial charge >= 0.3 is 0 Å². The van der Waals surface area contributed by atoms with E-state index in [9.17, 15) is 9.59 Å². The van der Waals surface area contributed by atoms with Crippen LogP contribution in [0, 0.1) is 6.92 Å². The van der Waals surface area contributed by atoms with E-state index < -0.39 is 0 Å². The van der Waals surface area contributed by atoms with Gasteiger partial charge < -0.3 is 4.74 Å². The van der Waals surface area contributed by atoms with Crippen molar-refractivity contribution in [1.29, 1.82) is 0 Å². The molecule has 0 radical (unpaired) electrons. The molecular formula is C19H18O5. The zero-order valence-corrected chi connectivity index (χ0v) is 13.4. The summed E-state index contributed by atoms with van der Waals surface area (Å²) < 4.78 is 5.71. The average molecular weight is 326 g/mol. The fraction of sp³-hybridized carbons (Fsp3) is 0.263. The lowest BCUT2D eigenvalue weighted by Gasteiger charge is -2.21. The Balaban J connectivity index is 1.93. The smallest absolute Gasteiger partial charge is 0.198 e. The van der Waals surface area contributed by atoms with Crippen LogP contribution in [0.15, 0.2) is 36.4 Å². The summed E-state index contributed by atoms with van der Waals surface area (Å²) in [5, 5.41) is 8.30. The lowest BCUT2D eigenvalue weighted by molar-refractivity contribution is -0.242. The highest BCUT2D eigenvalue weighted by atomic mass is 17.1. The number of rotatable bonds is 6. The van der Waals surface area contributed by atoms with Crippen molar-refractivity contribution in [3.8, 4) is 5.75 Å². The van der Waals surface area contributed by atoms with Gasteiger partial charge in [0.25, 0.3) is 0 Å². The van der Waals surface area contributed by atoms with Crippen molar-refractivity contribution >= 4 is 11.6 Å². The number of fused-ring (bicyclic) bond motifs is 2. The van der Waals surface area contributed by atoms with Gasteiger partial charge in [-0.1, -0.05) is 30.3 Å². The first kappa shape index (κ1) is 16.4. The number of carbonyl (C=O) groups is 2. The molecule has 0 aromatic heterocycles. The Bertz CT molecular complexity index is 794. The summed E-state index contributed by atoms with van der Waals surface area (Å²) >= 11 is 0. The number of hydrogen-bond donors (Lipinski definition) is 1. The summed E-state index contributed by atoms with van der Waals surface area (Å²) in [7, 11) is 0. The molecule has 0 bridgehead atoms. The predicted octanol–water partition coefficient (Wildman–Crippen LogP) is 3.42. The second-order valence-electron chi connectivity index (χ2n) is 5.72. The summed E-state index contributed by atoms with van der Waals surface area (Å²) in [5.74, 6) is 0.0964. The Labute approximate surface area is 139 Å². The van der Waals surface area contributed by atoms with Gasteiger partial charge in [-0.15, -0.1) is 0 Å². The maximum absolute atomic E-state index is 12.9. The van der Waals surface area contributed by atoms with Gasteiger partial charge in [0.2, 0.25) is 0 Å². The average Bonchev–Trinajstić information content (AvgIpc) is 2.59. The molecule has 5 nitrogen and oxygen atoms in total. The molecule has 1 N–H and O–H groups in total. The second kappa shape index (κ2) is 6.95. The first-order valence-corrected chi connectivity index (χ1v) is 7.86. The van der Waals surface area contributed by atoms with Gasteiger partial charge in [0.15, 0.2) is 11.6 Å². The lowest BCUT2D eigenvalue weighted by atomic mass is 9.82. The Morgan fingerprint density at radius 3 is 2.29 bits per heavy atom. The van der Waals surface area contributed by atoms with Gasteiger partial charge in [0.05, 0.1) is 18.8 Å². The third kappa shape index (κ3) is 2.84. The van der Waals surface area contributed by atoms with E-state index in [1.165, 1.54) is 0 Å². The quantitative estimate of drug-likeness (QED) is 0.427. The van der Waals surface area contributed by atoms with Crippen LogP contribution in [-0.4, -0.2) is 30.0 Å². The van der Waals surface area contributed by atoms with Gasteiger partial charge in [-0.3, -0.25) is 14.8 Å². The molecule has 1 aliphatic rings. The van der Waals surface area contributed by atoms with E-state index in [4.69, 9.17) is 9.99 Å². The largest absolute Gasteiger partial charge is 0.493 e. The van der Waals surface area contributed by atoms with E-state index >= 15 is 0 Å². The van der Waals surface area contributed by atoms with E-state index in [2.05, 4.69) is 4.89 Å². The molecule has 0 heterocycles. The number of ether oxygens (including phenoxy) is 1. The van der Waals surface area contributed by atoms with Crippen LogP contribution in [-0.2, 0) is 4.89 Å². The van der Waals surface area contributed by atoms with Gasteiger partial charge in [0.1, 0.15) is 5.75 Å². The van der Waals surface area contributed by atoms with E-state index in [1.54, 1.807) is 30.3 Å². The van der Waals surface area contributed by atoms with Crippen molar-refractivity contribution in [1.82, 2.24) is 0 Å². The minimum Gasteiger partial charge on any atom is -0.493 e. The van der Waals surface area contributed by atoms with Gasteiger partial charge in [-0.25, -0.2) is 4.89 Å². The van der Waals surface area contributed by atoms with E-state index in [0.29, 0.717) is 47.5 Å². The number of carbonyl (C=O) groups excluding carboxylic acids is 2. The maximum Gasteiger partial charge on any atom is 0.198 e. The van der Waals surface area contributed by atoms with E-state index in [1.807, 2.05) is 13.0 Å². The minimum atomic E-state index is -0.174. The number of ketones is 2. The number of benzene rings is 2. The first-order chi connectivity index (χ1) is 11.6. The molecule has 0 saturated heterocycles. The Kier molecular flexibility index (Phi) is 4.74. The van der Waals surface area contributed by atoms with Crippen LogP contribution in [0.1, 0.15) is 50.2 Å². The van der Waals surface area contributed by atoms with Crippen LogP contribution in [0.5, 0.6) is 5.75 Å². The molecule has 0 saturated carbocycles. The third-order valence-corrected chi connectivity index (χ3v) is 4.13. The zero-order valence-electron chi connectivity index (χ0n) is 13.4. The predicted molar refractivity (Wildman–Crippen MR) is 87.8 cm³/mol. The standard InChI is InChI=1S/C19H18O5/c1-12-6-4-7-13-16(12)19(21)17-14(18(13)20)8-5-9-15(17)23-10-2-3-11-24-22/h4-9,22H,2-3,10-11H2,1H3. The molecule has 2 aromatic carbocycles. The Hall–Kier alpha value is -2.50. The summed E-state index contributed by atoms with van der Waals surface area (Å²) in [5.41, 5.74) is 2.41. The molecule has 3 rings (SSSR count). The van der Waals surface area contributed by atoms with Crippen molar-refractivity contribution < 1.29 is 24.5 Å². The molecule has 0 atom stereocenters. The highest BCUT2D eigenvalue weighted by Gasteiger charge is 2.33. The fourth-order valence-corrected chi connectivity index (χ4v) is 2.95. The Morgan fingerprint density at radius 1 is 0.875 bits per heavy atom.